The van der Waals surface area contributed by atoms with Gasteiger partial charge in [0.15, 0.2) is 0 Å². The fourth-order valence-electron chi connectivity index (χ4n) is 7.60. The number of halogens is 1. The van der Waals surface area contributed by atoms with E-state index in [1.165, 1.54) is 121 Å². The molecule has 0 saturated heterocycles. The minimum absolute atomic E-state index is 0.0983. The minimum Gasteiger partial charge on any atom is -0.207 e. The third kappa shape index (κ3) is 7.07. The van der Waals surface area contributed by atoms with Gasteiger partial charge in [-0.2, -0.15) is 0 Å². The van der Waals surface area contributed by atoms with Gasteiger partial charge in [0, 0.05) is 0 Å². The summed E-state index contributed by atoms with van der Waals surface area (Å²) in [7, 11) is 0. The maximum atomic E-state index is 13.3. The van der Waals surface area contributed by atoms with E-state index in [2.05, 4.69) is 6.92 Å². The van der Waals surface area contributed by atoms with Crippen molar-refractivity contribution in [1.82, 2.24) is 0 Å². The van der Waals surface area contributed by atoms with Crippen molar-refractivity contribution in [3.05, 3.63) is 35.6 Å². The van der Waals surface area contributed by atoms with Gasteiger partial charge in [-0.3, -0.25) is 0 Å². The lowest BCUT2D eigenvalue weighted by atomic mass is 9.63. The highest BCUT2D eigenvalue weighted by Crippen LogP contribution is 2.49. The molecule has 3 aliphatic rings. The maximum absolute atomic E-state index is 13.3. The molecule has 0 aromatic heterocycles. The van der Waals surface area contributed by atoms with Crippen LogP contribution in [-0.2, 0) is 0 Å². The topological polar surface area (TPSA) is 0 Å². The Kier molecular flexibility index (Phi) is 9.54. The smallest absolute Gasteiger partial charge is 0.123 e. The molecular formula is C31H49F. The Bertz CT molecular complexity index is 641. The van der Waals surface area contributed by atoms with Crippen LogP contribution >= 0.6 is 0 Å². The van der Waals surface area contributed by atoms with E-state index in [9.17, 15) is 4.39 Å². The van der Waals surface area contributed by atoms with Crippen molar-refractivity contribution in [3.8, 4) is 0 Å². The van der Waals surface area contributed by atoms with Gasteiger partial charge in [0.1, 0.15) is 5.82 Å². The van der Waals surface area contributed by atoms with Crippen molar-refractivity contribution in [3.63, 3.8) is 0 Å². The molecule has 32 heavy (non-hydrogen) atoms. The molecule has 0 aliphatic heterocycles. The summed E-state index contributed by atoms with van der Waals surface area (Å²) in [4.78, 5) is 0. The molecule has 0 bridgehead atoms. The van der Waals surface area contributed by atoms with Gasteiger partial charge in [-0.1, -0.05) is 103 Å². The van der Waals surface area contributed by atoms with Gasteiger partial charge in [0.2, 0.25) is 0 Å². The van der Waals surface area contributed by atoms with Gasteiger partial charge in [0.05, 0.1) is 0 Å². The van der Waals surface area contributed by atoms with E-state index in [0.717, 1.165) is 29.6 Å². The largest absolute Gasteiger partial charge is 0.207 e. The zero-order valence-corrected chi connectivity index (χ0v) is 20.9. The van der Waals surface area contributed by atoms with Crippen LogP contribution in [0.2, 0.25) is 0 Å². The Balaban J connectivity index is 1.11. The van der Waals surface area contributed by atoms with E-state index in [-0.39, 0.29) is 5.82 Å². The average molecular weight is 441 g/mol. The molecule has 0 spiro atoms. The predicted octanol–water partition coefficient (Wildman–Crippen LogP) is 10.1. The summed E-state index contributed by atoms with van der Waals surface area (Å²) >= 11 is 0. The third-order valence-electron chi connectivity index (χ3n) is 9.73. The molecule has 1 heteroatoms. The van der Waals surface area contributed by atoms with Crippen LogP contribution < -0.4 is 0 Å². The van der Waals surface area contributed by atoms with Crippen LogP contribution in [0.3, 0.4) is 0 Å². The third-order valence-corrected chi connectivity index (χ3v) is 9.73. The molecule has 0 amide bonds. The summed E-state index contributed by atoms with van der Waals surface area (Å²) in [5.41, 5.74) is 1.38. The Labute approximate surface area is 198 Å². The molecule has 4 unspecified atom stereocenters. The van der Waals surface area contributed by atoms with Gasteiger partial charge >= 0.3 is 0 Å². The Morgan fingerprint density at radius 2 is 1.22 bits per heavy atom. The zero-order chi connectivity index (χ0) is 22.2. The SMILES string of the molecule is CCCCCCCC1CCC(CCC2CCC3CC(c4ccc(F)cc4)CCC3C2)CC1. The van der Waals surface area contributed by atoms with Crippen molar-refractivity contribution in [2.24, 2.45) is 29.6 Å². The second-order valence-electron chi connectivity index (χ2n) is 11.9. The number of fused-ring (bicyclic) bond motifs is 1. The highest BCUT2D eigenvalue weighted by atomic mass is 19.1. The monoisotopic (exact) mass is 440 g/mol. The van der Waals surface area contributed by atoms with Gasteiger partial charge in [-0.25, -0.2) is 4.39 Å². The van der Waals surface area contributed by atoms with Crippen molar-refractivity contribution >= 4 is 0 Å². The first-order valence-corrected chi connectivity index (χ1v) is 14.5. The van der Waals surface area contributed by atoms with E-state index in [4.69, 9.17) is 0 Å². The summed E-state index contributed by atoms with van der Waals surface area (Å²) in [6, 6.07) is 7.37. The Morgan fingerprint density at radius 1 is 0.625 bits per heavy atom. The predicted molar refractivity (Wildman–Crippen MR) is 135 cm³/mol. The van der Waals surface area contributed by atoms with Gasteiger partial charge in [-0.05, 0) is 85.3 Å². The zero-order valence-electron chi connectivity index (χ0n) is 20.9. The molecular weight excluding hydrogens is 391 g/mol. The maximum Gasteiger partial charge on any atom is 0.123 e. The number of benzene rings is 1. The summed E-state index contributed by atoms with van der Waals surface area (Å²) in [5.74, 6) is 5.60. The normalized spacial score (nSPS) is 33.1. The first-order chi connectivity index (χ1) is 15.7. The fraction of sp³-hybridized carbons (Fsp3) is 0.806. The summed E-state index contributed by atoms with van der Waals surface area (Å²) in [6.07, 6.45) is 26.4. The van der Waals surface area contributed by atoms with Crippen molar-refractivity contribution in [2.45, 2.75) is 128 Å². The van der Waals surface area contributed by atoms with Gasteiger partial charge < -0.3 is 0 Å². The molecule has 4 rings (SSSR count). The first-order valence-electron chi connectivity index (χ1n) is 14.5. The summed E-state index contributed by atoms with van der Waals surface area (Å²) in [6.45, 7) is 2.31. The van der Waals surface area contributed by atoms with Crippen LogP contribution in [0.15, 0.2) is 24.3 Å². The van der Waals surface area contributed by atoms with E-state index in [1.807, 2.05) is 12.1 Å². The molecule has 1 aromatic carbocycles. The minimum atomic E-state index is -0.0983. The molecule has 3 aliphatic carbocycles. The Hall–Kier alpha value is -0.850. The van der Waals surface area contributed by atoms with E-state index < -0.39 is 0 Å². The molecule has 0 heterocycles. The summed E-state index contributed by atoms with van der Waals surface area (Å²) in [5, 5.41) is 0. The fourth-order valence-corrected chi connectivity index (χ4v) is 7.60. The molecule has 1 aromatic rings. The standard InChI is InChI=1S/C31H49F/c1-2-3-4-5-6-7-24-8-10-25(11-9-24)12-13-26-14-15-30-23-29(17-16-28(30)22-26)27-18-20-31(32)21-19-27/h18-21,24-26,28-30H,2-17,22-23H2,1H3. The molecule has 0 nitrogen and oxygen atoms in total. The molecule has 4 atom stereocenters. The second-order valence-corrected chi connectivity index (χ2v) is 11.9. The highest BCUT2D eigenvalue weighted by molar-refractivity contribution is 5.21. The lowest BCUT2D eigenvalue weighted by Crippen LogP contribution is -2.30. The molecule has 3 saturated carbocycles. The molecule has 0 N–H and O–H groups in total. The van der Waals surface area contributed by atoms with E-state index >= 15 is 0 Å². The summed E-state index contributed by atoms with van der Waals surface area (Å²) < 4.78 is 13.3. The lowest BCUT2D eigenvalue weighted by molar-refractivity contribution is 0.108. The van der Waals surface area contributed by atoms with Crippen LogP contribution in [0, 0.1) is 35.4 Å². The van der Waals surface area contributed by atoms with Crippen molar-refractivity contribution in [1.29, 1.82) is 0 Å². The number of hydrogen-bond acceptors (Lipinski definition) is 0. The van der Waals surface area contributed by atoms with Crippen molar-refractivity contribution < 1.29 is 4.39 Å². The second kappa shape index (κ2) is 12.6. The quantitative estimate of drug-likeness (QED) is 0.317. The highest BCUT2D eigenvalue weighted by Gasteiger charge is 2.36. The van der Waals surface area contributed by atoms with Crippen LogP contribution in [0.5, 0.6) is 0 Å². The number of unbranched alkanes of at least 4 members (excludes halogenated alkanes) is 4. The number of rotatable bonds is 10. The number of hydrogen-bond donors (Lipinski definition) is 0. The molecule has 180 valence electrons. The molecule has 0 radical (unpaired) electrons. The van der Waals surface area contributed by atoms with Crippen LogP contribution in [0.25, 0.3) is 0 Å². The Morgan fingerprint density at radius 3 is 1.97 bits per heavy atom. The van der Waals surface area contributed by atoms with Gasteiger partial charge in [0.25, 0.3) is 0 Å². The van der Waals surface area contributed by atoms with Crippen LogP contribution in [-0.4, -0.2) is 0 Å². The van der Waals surface area contributed by atoms with Gasteiger partial charge in [-0.15, -0.1) is 0 Å². The van der Waals surface area contributed by atoms with Crippen molar-refractivity contribution in [2.75, 3.05) is 0 Å². The van der Waals surface area contributed by atoms with E-state index in [0.29, 0.717) is 5.92 Å². The van der Waals surface area contributed by atoms with E-state index in [1.54, 1.807) is 12.1 Å². The van der Waals surface area contributed by atoms with Crippen LogP contribution in [0.1, 0.15) is 134 Å². The molecule has 3 fully saturated rings. The van der Waals surface area contributed by atoms with Crippen LogP contribution in [0.4, 0.5) is 4.39 Å². The lowest BCUT2D eigenvalue weighted by Gasteiger charge is -2.42. The first kappa shape index (κ1) is 24.3. The average Bonchev–Trinajstić information content (AvgIpc) is 2.83.